The number of rotatable bonds is 5. The maximum absolute atomic E-state index is 11.8. The summed E-state index contributed by atoms with van der Waals surface area (Å²) in [6, 6.07) is 4.33. The second kappa shape index (κ2) is 9.17. The number of fused-ring (bicyclic) bond motifs is 2. The third-order valence-corrected chi connectivity index (χ3v) is 7.37. The highest BCUT2D eigenvalue weighted by Gasteiger charge is 2.42. The van der Waals surface area contributed by atoms with Crippen molar-refractivity contribution in [2.75, 3.05) is 30.5 Å². The van der Waals surface area contributed by atoms with Crippen LogP contribution in [0.5, 0.6) is 0 Å². The molecule has 33 heavy (non-hydrogen) atoms. The summed E-state index contributed by atoms with van der Waals surface area (Å²) in [6.45, 7) is 3.46. The molecule has 178 valence electrons. The number of hydrogen-bond donors (Lipinski definition) is 3. The molecule has 2 aromatic rings. The molecule has 0 aromatic carbocycles. The Kier molecular flexibility index (Phi) is 6.09. The van der Waals surface area contributed by atoms with Crippen LogP contribution in [0.4, 0.5) is 22.4 Å². The molecule has 2 bridgehead atoms. The van der Waals surface area contributed by atoms with E-state index < -0.39 is 6.09 Å². The molecule has 3 saturated heterocycles. The molecule has 0 radical (unpaired) electrons. The second-order valence-corrected chi connectivity index (χ2v) is 9.59. The van der Waals surface area contributed by atoms with Crippen LogP contribution in [0.2, 0.25) is 0 Å². The fraction of sp³-hybridized carbons (Fsp3) is 0.652. The monoisotopic (exact) mass is 455 g/mol. The highest BCUT2D eigenvalue weighted by Crippen LogP contribution is 2.37. The van der Waals surface area contributed by atoms with Crippen LogP contribution in [0.1, 0.15) is 62.3 Å². The largest absolute Gasteiger partial charge is 0.465 e. The smallest absolute Gasteiger partial charge is 0.407 e. The molecule has 3 aliphatic heterocycles. The summed E-state index contributed by atoms with van der Waals surface area (Å²) in [5.74, 6) is 2.47. The lowest BCUT2D eigenvalue weighted by atomic mass is 9.81. The van der Waals surface area contributed by atoms with E-state index in [0.29, 0.717) is 11.9 Å². The van der Waals surface area contributed by atoms with Crippen LogP contribution >= 0.6 is 0 Å². The van der Waals surface area contributed by atoms with Crippen molar-refractivity contribution in [3.05, 3.63) is 23.5 Å². The van der Waals surface area contributed by atoms with E-state index in [0.717, 1.165) is 81.2 Å². The van der Waals surface area contributed by atoms with Gasteiger partial charge in [0.15, 0.2) is 5.82 Å². The lowest BCUT2D eigenvalue weighted by Gasteiger charge is -2.49. The second-order valence-electron chi connectivity index (χ2n) is 9.59. The van der Waals surface area contributed by atoms with Crippen LogP contribution in [0, 0.1) is 6.92 Å². The molecule has 3 aliphatic rings. The van der Waals surface area contributed by atoms with E-state index in [2.05, 4.69) is 20.4 Å². The van der Waals surface area contributed by atoms with Gasteiger partial charge in [0.05, 0.1) is 5.69 Å². The van der Waals surface area contributed by atoms with E-state index in [9.17, 15) is 9.90 Å². The predicted molar refractivity (Wildman–Crippen MR) is 124 cm³/mol. The van der Waals surface area contributed by atoms with Gasteiger partial charge in [0.2, 0.25) is 5.95 Å². The van der Waals surface area contributed by atoms with E-state index in [1.807, 2.05) is 26.1 Å². The first-order valence-electron chi connectivity index (χ1n) is 12.0. The quantitative estimate of drug-likeness (QED) is 0.625. The molecule has 10 nitrogen and oxygen atoms in total. The van der Waals surface area contributed by atoms with Crippen molar-refractivity contribution in [2.24, 2.45) is 0 Å². The average Bonchev–Trinajstić information content (AvgIpc) is 3.22. The van der Waals surface area contributed by atoms with E-state index in [-0.39, 0.29) is 18.1 Å². The lowest BCUT2D eigenvalue weighted by Crippen LogP contribution is -2.58. The maximum atomic E-state index is 11.8. The van der Waals surface area contributed by atoms with Gasteiger partial charge in [0.25, 0.3) is 0 Å². The van der Waals surface area contributed by atoms with Gasteiger partial charge in [-0.05, 0) is 51.9 Å². The number of aryl methyl sites for hydroxylation is 1. The number of carboxylic acid groups (broad SMARTS) is 1. The van der Waals surface area contributed by atoms with Crippen molar-refractivity contribution in [3.63, 3.8) is 0 Å². The SMILES string of the molecule is Cc1cc(Nc2cc(C3CCOCC3)nc(N(C)[C@H]3C[C@H]4CCC[C@@H](C3)N4C(=O)O)n2)n[nH]1. The molecular formula is C23H33N7O3. The number of H-pyrrole nitrogens is 1. The number of nitrogens with zero attached hydrogens (tertiary/aromatic N) is 5. The number of aromatic amines is 1. The minimum atomic E-state index is -0.788. The zero-order valence-corrected chi connectivity index (χ0v) is 19.3. The highest BCUT2D eigenvalue weighted by atomic mass is 16.5. The molecule has 10 heteroatoms. The van der Waals surface area contributed by atoms with Gasteiger partial charge < -0.3 is 25.0 Å². The van der Waals surface area contributed by atoms with Crippen molar-refractivity contribution in [2.45, 2.75) is 75.9 Å². The van der Waals surface area contributed by atoms with Crippen LogP contribution in [0.25, 0.3) is 0 Å². The third kappa shape index (κ3) is 4.62. The van der Waals surface area contributed by atoms with E-state index in [4.69, 9.17) is 14.7 Å². The Morgan fingerprint density at radius 3 is 2.52 bits per heavy atom. The summed E-state index contributed by atoms with van der Waals surface area (Å²) in [7, 11) is 2.04. The standard InChI is InChI=1S/C23H33N7O3/c1-14-10-21(28-27-14)25-20-13-19(15-6-8-33-9-7-15)24-22(26-20)29(2)18-11-16-4-3-5-17(12-18)30(16)23(31)32/h10,13,15-18H,3-9,11-12H2,1-2H3,(H,31,32)(H2,24,25,26,27,28)/t16-,17+,18+. The maximum Gasteiger partial charge on any atom is 0.407 e. The first-order valence-corrected chi connectivity index (χ1v) is 12.0. The Hall–Kier alpha value is -2.88. The zero-order chi connectivity index (χ0) is 22.9. The molecule has 2 aromatic heterocycles. The Morgan fingerprint density at radius 2 is 1.88 bits per heavy atom. The highest BCUT2D eigenvalue weighted by molar-refractivity contribution is 5.66. The first-order chi connectivity index (χ1) is 16.0. The van der Waals surface area contributed by atoms with E-state index >= 15 is 0 Å². The minimum absolute atomic E-state index is 0.0748. The number of amides is 1. The van der Waals surface area contributed by atoms with Crippen LogP contribution in [0.3, 0.4) is 0 Å². The van der Waals surface area contributed by atoms with Crippen LogP contribution in [-0.4, -0.2) is 74.7 Å². The van der Waals surface area contributed by atoms with Gasteiger partial charge in [-0.15, -0.1) is 0 Å². The fourth-order valence-electron chi connectivity index (χ4n) is 5.63. The number of nitrogens with one attached hydrogen (secondary N) is 2. The van der Waals surface area contributed by atoms with E-state index in [1.54, 1.807) is 4.90 Å². The molecular weight excluding hydrogens is 422 g/mol. The number of piperidine rings is 2. The molecule has 1 amide bonds. The first kappa shape index (κ1) is 21.9. The zero-order valence-electron chi connectivity index (χ0n) is 19.3. The summed E-state index contributed by atoms with van der Waals surface area (Å²) in [5, 5.41) is 20.3. The van der Waals surface area contributed by atoms with Gasteiger partial charge in [-0.1, -0.05) is 0 Å². The molecule has 5 heterocycles. The molecule has 3 atom stereocenters. The van der Waals surface area contributed by atoms with Crippen LogP contribution in [0.15, 0.2) is 12.1 Å². The number of ether oxygens (including phenoxy) is 1. The van der Waals surface area contributed by atoms with Gasteiger partial charge in [-0.25, -0.2) is 9.78 Å². The summed E-state index contributed by atoms with van der Waals surface area (Å²) in [6.07, 6.45) is 5.69. The van der Waals surface area contributed by atoms with Crippen molar-refractivity contribution in [1.29, 1.82) is 0 Å². The summed E-state index contributed by atoms with van der Waals surface area (Å²) >= 11 is 0. The van der Waals surface area contributed by atoms with Crippen molar-refractivity contribution >= 4 is 23.7 Å². The van der Waals surface area contributed by atoms with Gasteiger partial charge in [0, 0.05) is 62.1 Å². The molecule has 0 unspecified atom stereocenters. The normalized spacial score (nSPS) is 25.6. The molecule has 5 rings (SSSR count). The van der Waals surface area contributed by atoms with Gasteiger partial charge in [-0.3, -0.25) is 5.10 Å². The molecule has 3 N–H and O–H groups in total. The number of carbonyl (C=O) groups is 1. The minimum Gasteiger partial charge on any atom is -0.465 e. The Balaban J connectivity index is 1.42. The van der Waals surface area contributed by atoms with Gasteiger partial charge in [-0.2, -0.15) is 10.1 Å². The third-order valence-electron chi connectivity index (χ3n) is 7.37. The number of aromatic nitrogens is 4. The van der Waals surface area contributed by atoms with Crippen molar-refractivity contribution in [1.82, 2.24) is 25.1 Å². The molecule has 0 aliphatic carbocycles. The Bertz CT molecular complexity index is 976. The molecule has 0 saturated carbocycles. The lowest BCUT2D eigenvalue weighted by molar-refractivity contribution is 0.0351. The summed E-state index contributed by atoms with van der Waals surface area (Å²) in [4.78, 5) is 25.5. The van der Waals surface area contributed by atoms with Crippen molar-refractivity contribution in [3.8, 4) is 0 Å². The Labute approximate surface area is 193 Å². The van der Waals surface area contributed by atoms with Gasteiger partial charge >= 0.3 is 6.09 Å². The molecule has 0 spiro atoms. The topological polar surface area (TPSA) is 120 Å². The van der Waals surface area contributed by atoms with Crippen molar-refractivity contribution < 1.29 is 14.6 Å². The number of anilines is 3. The van der Waals surface area contributed by atoms with Gasteiger partial charge in [0.1, 0.15) is 5.82 Å². The molecule has 3 fully saturated rings. The average molecular weight is 456 g/mol. The Morgan fingerprint density at radius 1 is 1.15 bits per heavy atom. The fourth-order valence-corrected chi connectivity index (χ4v) is 5.63. The summed E-state index contributed by atoms with van der Waals surface area (Å²) < 4.78 is 5.56. The van der Waals surface area contributed by atoms with E-state index in [1.165, 1.54) is 0 Å². The number of hydrogen-bond acceptors (Lipinski definition) is 7. The predicted octanol–water partition coefficient (Wildman–Crippen LogP) is 3.65. The summed E-state index contributed by atoms with van der Waals surface area (Å²) in [5.41, 5.74) is 2.00. The van der Waals surface area contributed by atoms with Crippen LogP contribution in [-0.2, 0) is 4.74 Å². The van der Waals surface area contributed by atoms with Crippen LogP contribution < -0.4 is 10.2 Å².